The highest BCUT2D eigenvalue weighted by Crippen LogP contribution is 2.22. The van der Waals surface area contributed by atoms with Crippen LogP contribution in [0.15, 0.2) is 47.6 Å². The highest BCUT2D eigenvalue weighted by molar-refractivity contribution is 14.0. The molecule has 1 heterocycles. The molecule has 0 aliphatic rings. The number of aromatic amines is 1. The maximum atomic E-state index is 12.2. The van der Waals surface area contributed by atoms with Gasteiger partial charge in [-0.25, -0.2) is 0 Å². The standard InChI is InChI=1S/C23H28ClN5O.HI/c1-15-5-7-20(19(24)12-15)29-22(30)9-11-27-23(25-3)26-10-8-17-14-28-21-13-16(2)4-6-18(17)21;/h4-7,12-14,28H,8-11H2,1-3H3,(H,29,30)(H2,25,26,27);1H. The van der Waals surface area contributed by atoms with Crippen LogP contribution in [-0.4, -0.2) is 37.0 Å². The number of aryl methyl sites for hydroxylation is 2. The Hall–Kier alpha value is -2.26. The van der Waals surface area contributed by atoms with E-state index in [0.717, 1.165) is 24.0 Å². The molecule has 3 rings (SSSR count). The third-order valence-electron chi connectivity index (χ3n) is 4.88. The molecule has 0 aliphatic heterocycles. The second-order valence-electron chi connectivity index (χ2n) is 7.32. The van der Waals surface area contributed by atoms with Gasteiger partial charge in [0.2, 0.25) is 5.91 Å². The number of fused-ring (bicyclic) bond motifs is 1. The van der Waals surface area contributed by atoms with Crippen molar-refractivity contribution in [2.45, 2.75) is 26.7 Å². The molecule has 0 saturated heterocycles. The summed E-state index contributed by atoms with van der Waals surface area (Å²) in [6.07, 6.45) is 3.24. The van der Waals surface area contributed by atoms with E-state index in [9.17, 15) is 4.79 Å². The van der Waals surface area contributed by atoms with Gasteiger partial charge in [-0.05, 0) is 55.2 Å². The maximum absolute atomic E-state index is 12.2. The number of nitrogens with zero attached hydrogens (tertiary/aromatic N) is 1. The number of carbonyl (C=O) groups is 1. The minimum absolute atomic E-state index is 0. The molecule has 1 aromatic heterocycles. The molecule has 4 N–H and O–H groups in total. The Balaban J connectivity index is 0.00000341. The first-order valence-corrected chi connectivity index (χ1v) is 10.4. The molecule has 0 fully saturated rings. The van der Waals surface area contributed by atoms with Gasteiger partial charge in [0.15, 0.2) is 5.96 Å². The highest BCUT2D eigenvalue weighted by atomic mass is 127. The van der Waals surface area contributed by atoms with E-state index in [1.807, 2.05) is 25.1 Å². The summed E-state index contributed by atoms with van der Waals surface area (Å²) in [7, 11) is 1.72. The summed E-state index contributed by atoms with van der Waals surface area (Å²) < 4.78 is 0. The van der Waals surface area contributed by atoms with E-state index < -0.39 is 0 Å². The van der Waals surface area contributed by atoms with E-state index in [4.69, 9.17) is 11.6 Å². The second kappa shape index (κ2) is 12.0. The Bertz CT molecular complexity index is 1060. The number of aliphatic imine (C=N–C) groups is 1. The lowest BCUT2D eigenvalue weighted by Gasteiger charge is -2.12. The number of rotatable bonds is 7. The molecule has 166 valence electrons. The van der Waals surface area contributed by atoms with Gasteiger partial charge in [0.1, 0.15) is 0 Å². The molecule has 31 heavy (non-hydrogen) atoms. The van der Waals surface area contributed by atoms with Crippen molar-refractivity contribution in [3.8, 4) is 0 Å². The number of aromatic nitrogens is 1. The van der Waals surface area contributed by atoms with Gasteiger partial charge in [0.25, 0.3) is 0 Å². The summed E-state index contributed by atoms with van der Waals surface area (Å²) in [6, 6.07) is 12.0. The fourth-order valence-corrected chi connectivity index (χ4v) is 3.55. The summed E-state index contributed by atoms with van der Waals surface area (Å²) in [5.74, 6) is 0.574. The fourth-order valence-electron chi connectivity index (χ4n) is 3.27. The van der Waals surface area contributed by atoms with Crippen LogP contribution in [0.2, 0.25) is 5.02 Å². The SMILES string of the molecule is CN=C(NCCC(=O)Nc1ccc(C)cc1Cl)NCCc1c[nH]c2cc(C)ccc12.I. The molecule has 0 saturated carbocycles. The Morgan fingerprint density at radius 2 is 1.77 bits per heavy atom. The zero-order valence-corrected chi connectivity index (χ0v) is 21.1. The molecular formula is C23H29ClIN5O. The molecule has 0 spiro atoms. The smallest absolute Gasteiger partial charge is 0.226 e. The Morgan fingerprint density at radius 3 is 2.52 bits per heavy atom. The average Bonchev–Trinajstić information content (AvgIpc) is 3.11. The van der Waals surface area contributed by atoms with Crippen molar-refractivity contribution in [1.29, 1.82) is 0 Å². The van der Waals surface area contributed by atoms with Gasteiger partial charge < -0.3 is 20.9 Å². The summed E-state index contributed by atoms with van der Waals surface area (Å²) >= 11 is 6.16. The topological polar surface area (TPSA) is 81.3 Å². The number of benzene rings is 2. The van der Waals surface area contributed by atoms with E-state index in [-0.39, 0.29) is 29.9 Å². The molecule has 6 nitrogen and oxygen atoms in total. The largest absolute Gasteiger partial charge is 0.361 e. The minimum Gasteiger partial charge on any atom is -0.361 e. The molecule has 0 aliphatic carbocycles. The van der Waals surface area contributed by atoms with Gasteiger partial charge in [-0.2, -0.15) is 0 Å². The van der Waals surface area contributed by atoms with E-state index in [1.54, 1.807) is 7.05 Å². The van der Waals surface area contributed by atoms with Gasteiger partial charge >= 0.3 is 0 Å². The number of nitrogens with one attached hydrogen (secondary N) is 4. The molecular weight excluding hydrogens is 525 g/mol. The molecule has 1 amide bonds. The van der Waals surface area contributed by atoms with E-state index >= 15 is 0 Å². The van der Waals surface area contributed by atoms with Crippen molar-refractivity contribution < 1.29 is 4.79 Å². The van der Waals surface area contributed by atoms with Gasteiger partial charge in [0.05, 0.1) is 10.7 Å². The first-order chi connectivity index (χ1) is 14.5. The van der Waals surface area contributed by atoms with Crippen LogP contribution in [0.1, 0.15) is 23.1 Å². The predicted octanol–water partition coefficient (Wildman–Crippen LogP) is 4.79. The quantitative estimate of drug-likeness (QED) is 0.193. The van der Waals surface area contributed by atoms with Crippen LogP contribution in [0.5, 0.6) is 0 Å². The molecule has 0 radical (unpaired) electrons. The van der Waals surface area contributed by atoms with Crippen molar-refractivity contribution in [3.63, 3.8) is 0 Å². The van der Waals surface area contributed by atoms with Gasteiger partial charge in [-0.15, -0.1) is 24.0 Å². The summed E-state index contributed by atoms with van der Waals surface area (Å²) in [5.41, 5.74) is 5.35. The zero-order chi connectivity index (χ0) is 21.5. The third kappa shape index (κ3) is 7.14. The Morgan fingerprint density at radius 1 is 1.06 bits per heavy atom. The monoisotopic (exact) mass is 553 g/mol. The highest BCUT2D eigenvalue weighted by Gasteiger charge is 2.07. The number of H-pyrrole nitrogens is 1. The number of hydrogen-bond donors (Lipinski definition) is 4. The minimum atomic E-state index is -0.0993. The van der Waals surface area contributed by atoms with Crippen LogP contribution in [0.25, 0.3) is 10.9 Å². The van der Waals surface area contributed by atoms with Gasteiger partial charge in [-0.1, -0.05) is 29.8 Å². The molecule has 3 aromatic rings. The average molecular weight is 554 g/mol. The summed E-state index contributed by atoms with van der Waals surface area (Å²) in [4.78, 5) is 19.7. The number of amides is 1. The molecule has 8 heteroatoms. The van der Waals surface area contributed by atoms with Crippen LogP contribution in [0.4, 0.5) is 5.69 Å². The van der Waals surface area contributed by atoms with Crippen LogP contribution in [0.3, 0.4) is 0 Å². The van der Waals surface area contributed by atoms with E-state index in [1.165, 1.54) is 16.5 Å². The first kappa shape index (κ1) is 25.0. The van der Waals surface area contributed by atoms with Crippen LogP contribution < -0.4 is 16.0 Å². The lowest BCUT2D eigenvalue weighted by atomic mass is 10.1. The number of carbonyl (C=O) groups excluding carboxylic acids is 1. The van der Waals surface area contributed by atoms with Crippen LogP contribution >= 0.6 is 35.6 Å². The maximum Gasteiger partial charge on any atom is 0.226 e. The number of hydrogen-bond acceptors (Lipinski definition) is 2. The normalized spacial score (nSPS) is 11.2. The van der Waals surface area contributed by atoms with Crippen molar-refractivity contribution in [3.05, 3.63) is 64.3 Å². The van der Waals surface area contributed by atoms with E-state index in [2.05, 4.69) is 57.2 Å². The van der Waals surface area contributed by atoms with E-state index in [0.29, 0.717) is 29.6 Å². The second-order valence-corrected chi connectivity index (χ2v) is 7.73. The number of halogens is 2. The van der Waals surface area contributed by atoms with Crippen LogP contribution in [-0.2, 0) is 11.2 Å². The number of anilines is 1. The van der Waals surface area contributed by atoms with Crippen molar-refractivity contribution in [2.24, 2.45) is 4.99 Å². The Labute approximate surface area is 205 Å². The van der Waals surface area contributed by atoms with Crippen LogP contribution in [0, 0.1) is 13.8 Å². The molecule has 0 bridgehead atoms. The fraction of sp³-hybridized carbons (Fsp3) is 0.304. The number of guanidine groups is 1. The van der Waals surface area contributed by atoms with Crippen molar-refractivity contribution in [1.82, 2.24) is 15.6 Å². The zero-order valence-electron chi connectivity index (χ0n) is 18.0. The van der Waals surface area contributed by atoms with Crippen molar-refractivity contribution >= 4 is 64.0 Å². The molecule has 0 atom stereocenters. The Kier molecular flexibility index (Phi) is 9.64. The lowest BCUT2D eigenvalue weighted by molar-refractivity contribution is -0.116. The lowest BCUT2D eigenvalue weighted by Crippen LogP contribution is -2.39. The molecule has 2 aromatic carbocycles. The van der Waals surface area contributed by atoms with Gasteiger partial charge in [-0.3, -0.25) is 9.79 Å². The summed E-state index contributed by atoms with van der Waals surface area (Å²) in [6.45, 7) is 5.26. The molecule has 0 unspecified atom stereocenters. The van der Waals surface area contributed by atoms with Crippen molar-refractivity contribution in [2.75, 3.05) is 25.5 Å². The third-order valence-corrected chi connectivity index (χ3v) is 5.19. The predicted molar refractivity (Wildman–Crippen MR) is 141 cm³/mol. The van der Waals surface area contributed by atoms with Gasteiger partial charge in [0, 0.05) is 43.7 Å². The summed E-state index contributed by atoms with van der Waals surface area (Å²) in [5, 5.41) is 11.1. The first-order valence-electron chi connectivity index (χ1n) is 10.0.